The van der Waals surface area contributed by atoms with Crippen LogP contribution in [0.5, 0.6) is 0 Å². The summed E-state index contributed by atoms with van der Waals surface area (Å²) < 4.78 is 4.70. The molecule has 0 aliphatic heterocycles. The molecular formula is C9H12N2O4S. The van der Waals surface area contributed by atoms with Gasteiger partial charge in [-0.2, -0.15) is 0 Å². The smallest absolute Gasteiger partial charge is 0.407 e. The lowest BCUT2D eigenvalue weighted by molar-refractivity contribution is 0.0691. The van der Waals surface area contributed by atoms with Crippen LogP contribution in [0.15, 0.2) is 5.38 Å². The van der Waals surface area contributed by atoms with Crippen molar-refractivity contribution in [1.82, 2.24) is 10.3 Å². The van der Waals surface area contributed by atoms with Crippen LogP contribution in [0.1, 0.15) is 35.4 Å². The largest absolute Gasteiger partial charge is 0.476 e. The molecule has 0 fully saturated rings. The molecule has 1 aromatic rings. The summed E-state index contributed by atoms with van der Waals surface area (Å²) in [5.41, 5.74) is -0.0162. The van der Waals surface area contributed by atoms with Crippen LogP contribution >= 0.6 is 11.3 Å². The van der Waals surface area contributed by atoms with E-state index < -0.39 is 12.1 Å². The Morgan fingerprint density at radius 1 is 1.69 bits per heavy atom. The normalized spacial score (nSPS) is 11.9. The second-order valence-corrected chi connectivity index (χ2v) is 3.85. The lowest BCUT2D eigenvalue weighted by atomic mass is 10.3. The Balaban J connectivity index is 2.62. The highest BCUT2D eigenvalue weighted by Crippen LogP contribution is 2.17. The van der Waals surface area contributed by atoms with Gasteiger partial charge in [0.1, 0.15) is 5.01 Å². The summed E-state index contributed by atoms with van der Waals surface area (Å²) in [7, 11) is 0. The van der Waals surface area contributed by atoms with Crippen LogP contribution in [-0.2, 0) is 4.74 Å². The number of alkyl carbamates (subject to hydrolysis) is 1. The first-order valence-corrected chi connectivity index (χ1v) is 5.54. The Bertz CT molecular complexity index is 391. The first-order chi connectivity index (χ1) is 7.54. The number of rotatable bonds is 4. The molecule has 0 saturated carbocycles. The predicted molar refractivity (Wildman–Crippen MR) is 57.6 cm³/mol. The molecule has 0 bridgehead atoms. The third-order valence-electron chi connectivity index (χ3n) is 1.72. The van der Waals surface area contributed by atoms with Gasteiger partial charge >= 0.3 is 12.1 Å². The molecule has 0 spiro atoms. The first-order valence-electron chi connectivity index (χ1n) is 4.66. The molecule has 1 unspecified atom stereocenters. The van der Waals surface area contributed by atoms with Crippen molar-refractivity contribution in [1.29, 1.82) is 0 Å². The van der Waals surface area contributed by atoms with Gasteiger partial charge in [0, 0.05) is 5.38 Å². The summed E-state index contributed by atoms with van der Waals surface area (Å²) >= 11 is 1.18. The van der Waals surface area contributed by atoms with Gasteiger partial charge in [-0.25, -0.2) is 14.6 Å². The van der Waals surface area contributed by atoms with E-state index in [0.29, 0.717) is 5.01 Å². The van der Waals surface area contributed by atoms with E-state index in [1.807, 2.05) is 0 Å². The standard InChI is InChI=1S/C9H12N2O4S/c1-3-15-9(14)10-5(2)7-11-6(4-16-7)8(12)13/h4-5H,3H2,1-2H3,(H,10,14)(H,12,13). The molecule has 0 saturated heterocycles. The minimum atomic E-state index is -1.08. The summed E-state index contributed by atoms with van der Waals surface area (Å²) in [6.07, 6.45) is -0.540. The Labute approximate surface area is 96.3 Å². The number of nitrogens with one attached hydrogen (secondary N) is 1. The summed E-state index contributed by atoms with van der Waals surface area (Å²) in [6.45, 7) is 3.70. The summed E-state index contributed by atoms with van der Waals surface area (Å²) in [6, 6.07) is -0.364. The van der Waals surface area contributed by atoms with E-state index in [4.69, 9.17) is 9.84 Å². The molecule has 16 heavy (non-hydrogen) atoms. The zero-order valence-electron chi connectivity index (χ0n) is 8.89. The number of carbonyl (C=O) groups excluding carboxylic acids is 1. The first kappa shape index (κ1) is 12.4. The maximum atomic E-state index is 11.1. The van der Waals surface area contributed by atoms with Crippen LogP contribution in [0.4, 0.5) is 4.79 Å². The molecule has 1 aromatic heterocycles. The van der Waals surface area contributed by atoms with Gasteiger partial charge in [0.15, 0.2) is 5.69 Å². The molecule has 6 nitrogen and oxygen atoms in total. The SMILES string of the molecule is CCOC(=O)NC(C)c1nc(C(=O)O)cs1. The Morgan fingerprint density at radius 2 is 2.38 bits per heavy atom. The van der Waals surface area contributed by atoms with Gasteiger partial charge in [-0.3, -0.25) is 0 Å². The van der Waals surface area contributed by atoms with Crippen molar-refractivity contribution < 1.29 is 19.4 Å². The van der Waals surface area contributed by atoms with E-state index in [0.717, 1.165) is 0 Å². The van der Waals surface area contributed by atoms with E-state index in [-0.39, 0.29) is 18.3 Å². The highest BCUT2D eigenvalue weighted by molar-refractivity contribution is 7.09. The van der Waals surface area contributed by atoms with Crippen molar-refractivity contribution in [3.8, 4) is 0 Å². The van der Waals surface area contributed by atoms with Crippen molar-refractivity contribution in [2.24, 2.45) is 0 Å². The zero-order chi connectivity index (χ0) is 12.1. The third-order valence-corrected chi connectivity index (χ3v) is 2.75. The van der Waals surface area contributed by atoms with Crippen molar-refractivity contribution in [3.63, 3.8) is 0 Å². The molecule has 7 heteroatoms. The van der Waals surface area contributed by atoms with Gasteiger partial charge in [0.25, 0.3) is 0 Å². The number of aromatic carboxylic acids is 1. The van der Waals surface area contributed by atoms with E-state index in [9.17, 15) is 9.59 Å². The number of carboxylic acids is 1. The minimum Gasteiger partial charge on any atom is -0.476 e. The van der Waals surface area contributed by atoms with Crippen LogP contribution in [-0.4, -0.2) is 28.8 Å². The molecule has 0 aliphatic carbocycles. The number of aromatic nitrogens is 1. The van der Waals surface area contributed by atoms with E-state index in [2.05, 4.69) is 10.3 Å². The van der Waals surface area contributed by atoms with Crippen molar-refractivity contribution >= 4 is 23.4 Å². The highest BCUT2D eigenvalue weighted by atomic mass is 32.1. The Hall–Kier alpha value is -1.63. The number of thiazole rings is 1. The second-order valence-electron chi connectivity index (χ2n) is 2.96. The molecule has 2 N–H and O–H groups in total. The lowest BCUT2D eigenvalue weighted by Crippen LogP contribution is -2.27. The third kappa shape index (κ3) is 3.20. The molecule has 1 atom stereocenters. The van der Waals surface area contributed by atoms with Gasteiger partial charge in [-0.05, 0) is 13.8 Å². The number of amides is 1. The van der Waals surface area contributed by atoms with Crippen LogP contribution in [0, 0.1) is 0 Å². The van der Waals surface area contributed by atoms with E-state index in [1.54, 1.807) is 13.8 Å². The van der Waals surface area contributed by atoms with Crippen LogP contribution in [0.25, 0.3) is 0 Å². The van der Waals surface area contributed by atoms with Crippen molar-refractivity contribution in [3.05, 3.63) is 16.1 Å². The Kier molecular flexibility index (Phi) is 4.24. The molecule has 0 radical (unpaired) electrons. The van der Waals surface area contributed by atoms with E-state index in [1.165, 1.54) is 16.7 Å². The zero-order valence-corrected chi connectivity index (χ0v) is 9.71. The maximum absolute atomic E-state index is 11.1. The van der Waals surface area contributed by atoms with Gasteiger partial charge < -0.3 is 15.2 Å². The Morgan fingerprint density at radius 3 is 2.88 bits per heavy atom. The lowest BCUT2D eigenvalue weighted by Gasteiger charge is -2.10. The fourth-order valence-electron chi connectivity index (χ4n) is 0.996. The van der Waals surface area contributed by atoms with Crippen LogP contribution in [0.3, 0.4) is 0 Å². The van der Waals surface area contributed by atoms with Crippen LogP contribution < -0.4 is 5.32 Å². The number of carbonyl (C=O) groups is 2. The molecule has 1 heterocycles. The number of hydrogen-bond donors (Lipinski definition) is 2. The molecular weight excluding hydrogens is 232 g/mol. The maximum Gasteiger partial charge on any atom is 0.407 e. The summed E-state index contributed by atoms with van der Waals surface area (Å²) in [5, 5.41) is 13.2. The van der Waals surface area contributed by atoms with Crippen molar-refractivity contribution in [2.45, 2.75) is 19.9 Å². The molecule has 88 valence electrons. The average molecular weight is 244 g/mol. The van der Waals surface area contributed by atoms with Gasteiger partial charge in [0.05, 0.1) is 12.6 Å². The highest BCUT2D eigenvalue weighted by Gasteiger charge is 2.16. The molecule has 1 rings (SSSR count). The average Bonchev–Trinajstić information content (AvgIpc) is 2.66. The number of hydrogen-bond acceptors (Lipinski definition) is 5. The predicted octanol–water partition coefficient (Wildman–Crippen LogP) is 1.65. The number of nitrogens with zero attached hydrogens (tertiary/aromatic N) is 1. The molecule has 0 aromatic carbocycles. The second kappa shape index (κ2) is 5.45. The van der Waals surface area contributed by atoms with Gasteiger partial charge in [-0.15, -0.1) is 11.3 Å². The topological polar surface area (TPSA) is 88.5 Å². The van der Waals surface area contributed by atoms with Crippen molar-refractivity contribution in [2.75, 3.05) is 6.61 Å². The molecule has 0 aliphatic rings. The van der Waals surface area contributed by atoms with E-state index >= 15 is 0 Å². The van der Waals surface area contributed by atoms with Gasteiger partial charge in [-0.1, -0.05) is 0 Å². The summed E-state index contributed by atoms with van der Waals surface area (Å²) in [5.74, 6) is -1.08. The monoisotopic (exact) mass is 244 g/mol. The fourth-order valence-corrected chi connectivity index (χ4v) is 1.80. The van der Waals surface area contributed by atoms with Gasteiger partial charge in [0.2, 0.25) is 0 Å². The quantitative estimate of drug-likeness (QED) is 0.840. The van der Waals surface area contributed by atoms with Crippen LogP contribution in [0.2, 0.25) is 0 Å². The number of carboxylic acid groups (broad SMARTS) is 1. The fraction of sp³-hybridized carbons (Fsp3) is 0.444. The molecule has 1 amide bonds. The number of ether oxygens (including phenoxy) is 1. The minimum absolute atomic E-state index is 0.0162. The summed E-state index contributed by atoms with van der Waals surface area (Å²) in [4.78, 5) is 25.6.